The van der Waals surface area contributed by atoms with Gasteiger partial charge in [0.15, 0.2) is 11.6 Å². The van der Waals surface area contributed by atoms with E-state index >= 15 is 0 Å². The Balaban J connectivity index is 1.36. The average molecular weight is 355 g/mol. The molecular formula is C18H17N3O5. The lowest BCUT2D eigenvalue weighted by Gasteiger charge is -2.24. The topological polar surface area (TPSA) is 99.6 Å². The number of furan rings is 1. The number of hydrogen-bond acceptors (Lipinski definition) is 7. The second-order valence-electron chi connectivity index (χ2n) is 5.90. The number of nitrogens with one attached hydrogen (secondary N) is 1. The van der Waals surface area contributed by atoms with Gasteiger partial charge in [-0.25, -0.2) is 0 Å². The zero-order valence-electron chi connectivity index (χ0n) is 14.1. The first-order valence-electron chi connectivity index (χ1n) is 8.17. The van der Waals surface area contributed by atoms with Gasteiger partial charge in [0.2, 0.25) is 5.91 Å². The summed E-state index contributed by atoms with van der Waals surface area (Å²) < 4.78 is 21.2. The number of aromatic nitrogens is 2. The number of amides is 1. The first-order valence-corrected chi connectivity index (χ1v) is 8.17. The largest absolute Gasteiger partial charge is 0.497 e. The summed E-state index contributed by atoms with van der Waals surface area (Å²) in [5.74, 6) is 2.27. The van der Waals surface area contributed by atoms with Crippen LogP contribution in [0.25, 0.3) is 11.7 Å². The van der Waals surface area contributed by atoms with Crippen molar-refractivity contribution in [1.29, 1.82) is 0 Å². The van der Waals surface area contributed by atoms with Crippen LogP contribution >= 0.6 is 0 Å². The highest BCUT2D eigenvalue weighted by Crippen LogP contribution is 2.30. The molecule has 0 bridgehead atoms. The van der Waals surface area contributed by atoms with Crippen LogP contribution in [0.5, 0.6) is 11.5 Å². The Bertz CT molecular complexity index is 903. The first kappa shape index (κ1) is 16.2. The Hall–Kier alpha value is -3.29. The van der Waals surface area contributed by atoms with E-state index < -0.39 is 0 Å². The highest BCUT2D eigenvalue weighted by molar-refractivity contribution is 5.79. The Kier molecular flexibility index (Phi) is 4.30. The third kappa shape index (κ3) is 3.26. The fraction of sp³-hybridized carbons (Fsp3) is 0.278. The lowest BCUT2D eigenvalue weighted by Crippen LogP contribution is -2.37. The van der Waals surface area contributed by atoms with E-state index in [0.717, 1.165) is 17.1 Å². The SMILES string of the molecule is COc1ccc2c(c1)CC(C(=O)NCc1noc(-c3ccco3)n1)CO2. The number of ether oxygens (including phenoxy) is 2. The summed E-state index contributed by atoms with van der Waals surface area (Å²) in [5, 5.41) is 6.66. The molecule has 1 N–H and O–H groups in total. The van der Waals surface area contributed by atoms with Crippen molar-refractivity contribution in [2.24, 2.45) is 5.92 Å². The van der Waals surface area contributed by atoms with Crippen LogP contribution in [0, 0.1) is 5.92 Å². The van der Waals surface area contributed by atoms with Crippen molar-refractivity contribution in [1.82, 2.24) is 15.5 Å². The van der Waals surface area contributed by atoms with E-state index in [4.69, 9.17) is 18.4 Å². The second kappa shape index (κ2) is 6.91. The van der Waals surface area contributed by atoms with Crippen molar-refractivity contribution in [3.8, 4) is 23.1 Å². The Morgan fingerprint density at radius 1 is 1.38 bits per heavy atom. The zero-order chi connectivity index (χ0) is 17.9. The van der Waals surface area contributed by atoms with E-state index in [1.807, 2.05) is 18.2 Å². The summed E-state index contributed by atoms with van der Waals surface area (Å²) in [5.41, 5.74) is 0.954. The molecule has 3 heterocycles. The number of nitrogens with zero attached hydrogens (tertiary/aromatic N) is 2. The second-order valence-corrected chi connectivity index (χ2v) is 5.90. The molecule has 3 aromatic rings. The molecule has 0 saturated heterocycles. The molecule has 8 heteroatoms. The smallest absolute Gasteiger partial charge is 0.293 e. The molecule has 4 rings (SSSR count). The molecular weight excluding hydrogens is 338 g/mol. The predicted molar refractivity (Wildman–Crippen MR) is 89.5 cm³/mol. The molecule has 26 heavy (non-hydrogen) atoms. The van der Waals surface area contributed by atoms with Crippen LogP contribution < -0.4 is 14.8 Å². The van der Waals surface area contributed by atoms with Gasteiger partial charge in [0.1, 0.15) is 18.1 Å². The number of methoxy groups -OCH3 is 1. The van der Waals surface area contributed by atoms with E-state index in [2.05, 4.69) is 15.5 Å². The number of carbonyl (C=O) groups excluding carboxylic acids is 1. The van der Waals surface area contributed by atoms with E-state index in [9.17, 15) is 4.79 Å². The zero-order valence-corrected chi connectivity index (χ0v) is 14.1. The summed E-state index contributed by atoms with van der Waals surface area (Å²) in [6, 6.07) is 9.05. The van der Waals surface area contributed by atoms with E-state index in [-0.39, 0.29) is 24.3 Å². The number of carbonyl (C=O) groups is 1. The van der Waals surface area contributed by atoms with Gasteiger partial charge in [-0.05, 0) is 42.3 Å². The first-order chi connectivity index (χ1) is 12.7. The van der Waals surface area contributed by atoms with Crippen LogP contribution in [0.15, 0.2) is 45.5 Å². The average Bonchev–Trinajstić information content (AvgIpc) is 3.36. The van der Waals surface area contributed by atoms with Gasteiger partial charge in [0.25, 0.3) is 5.89 Å². The minimum atomic E-state index is -0.286. The van der Waals surface area contributed by atoms with E-state index in [1.54, 1.807) is 19.2 Å². The summed E-state index contributed by atoms with van der Waals surface area (Å²) in [6.45, 7) is 0.500. The van der Waals surface area contributed by atoms with Gasteiger partial charge in [0, 0.05) is 0 Å². The van der Waals surface area contributed by atoms with Crippen LogP contribution in [0.1, 0.15) is 11.4 Å². The van der Waals surface area contributed by atoms with Crippen molar-refractivity contribution in [3.05, 3.63) is 48.0 Å². The minimum absolute atomic E-state index is 0.122. The van der Waals surface area contributed by atoms with Crippen LogP contribution in [-0.2, 0) is 17.8 Å². The maximum absolute atomic E-state index is 12.4. The molecule has 0 aliphatic carbocycles. The third-order valence-electron chi connectivity index (χ3n) is 4.17. The Labute approximate surface area is 149 Å². The van der Waals surface area contributed by atoms with Crippen molar-refractivity contribution < 1.29 is 23.2 Å². The van der Waals surface area contributed by atoms with Gasteiger partial charge in [-0.3, -0.25) is 4.79 Å². The van der Waals surface area contributed by atoms with Gasteiger partial charge < -0.3 is 23.7 Å². The van der Waals surface area contributed by atoms with E-state index in [0.29, 0.717) is 24.6 Å². The molecule has 0 spiro atoms. The predicted octanol–water partition coefficient (Wildman–Crippen LogP) is 2.21. The van der Waals surface area contributed by atoms with Crippen LogP contribution in [0.4, 0.5) is 0 Å². The number of fused-ring (bicyclic) bond motifs is 1. The molecule has 0 radical (unpaired) electrons. The van der Waals surface area contributed by atoms with Crippen molar-refractivity contribution in [2.45, 2.75) is 13.0 Å². The van der Waals surface area contributed by atoms with E-state index in [1.165, 1.54) is 6.26 Å². The monoisotopic (exact) mass is 355 g/mol. The molecule has 1 atom stereocenters. The lowest BCUT2D eigenvalue weighted by molar-refractivity contribution is -0.126. The summed E-state index contributed by atoms with van der Waals surface area (Å²) >= 11 is 0. The summed E-state index contributed by atoms with van der Waals surface area (Å²) in [7, 11) is 1.61. The number of benzene rings is 1. The highest BCUT2D eigenvalue weighted by Gasteiger charge is 2.26. The van der Waals surface area contributed by atoms with Crippen molar-refractivity contribution in [3.63, 3.8) is 0 Å². The standard InChI is InChI=1S/C18H17N3O5/c1-23-13-4-5-14-11(8-13)7-12(10-25-14)17(22)19-9-16-20-18(26-21-16)15-3-2-6-24-15/h2-6,8,12H,7,9-10H2,1H3,(H,19,22). The molecule has 1 aliphatic heterocycles. The summed E-state index contributed by atoms with van der Waals surface area (Å²) in [6.07, 6.45) is 2.11. The van der Waals surface area contributed by atoms with Crippen LogP contribution in [0.2, 0.25) is 0 Å². The molecule has 0 fully saturated rings. The molecule has 2 aromatic heterocycles. The molecule has 1 amide bonds. The molecule has 1 aliphatic rings. The Morgan fingerprint density at radius 2 is 2.31 bits per heavy atom. The van der Waals surface area contributed by atoms with Gasteiger partial charge >= 0.3 is 0 Å². The highest BCUT2D eigenvalue weighted by atomic mass is 16.5. The van der Waals surface area contributed by atoms with Gasteiger partial charge in [-0.1, -0.05) is 5.16 Å². The summed E-state index contributed by atoms with van der Waals surface area (Å²) in [4.78, 5) is 16.6. The third-order valence-corrected chi connectivity index (χ3v) is 4.17. The molecule has 1 unspecified atom stereocenters. The van der Waals surface area contributed by atoms with Crippen LogP contribution in [0.3, 0.4) is 0 Å². The maximum Gasteiger partial charge on any atom is 0.293 e. The van der Waals surface area contributed by atoms with Gasteiger partial charge in [-0.2, -0.15) is 4.98 Å². The quantitative estimate of drug-likeness (QED) is 0.749. The minimum Gasteiger partial charge on any atom is -0.497 e. The number of rotatable bonds is 5. The normalized spacial score (nSPS) is 15.8. The van der Waals surface area contributed by atoms with Gasteiger partial charge in [0.05, 0.1) is 25.8 Å². The maximum atomic E-state index is 12.4. The van der Waals surface area contributed by atoms with Crippen molar-refractivity contribution in [2.75, 3.05) is 13.7 Å². The van der Waals surface area contributed by atoms with Crippen molar-refractivity contribution >= 4 is 5.91 Å². The lowest BCUT2D eigenvalue weighted by atomic mass is 9.96. The molecule has 134 valence electrons. The molecule has 1 aromatic carbocycles. The Morgan fingerprint density at radius 3 is 3.12 bits per heavy atom. The molecule has 0 saturated carbocycles. The van der Waals surface area contributed by atoms with Crippen LogP contribution in [-0.4, -0.2) is 29.8 Å². The number of hydrogen-bond donors (Lipinski definition) is 1. The molecule has 8 nitrogen and oxygen atoms in total. The van der Waals surface area contributed by atoms with Gasteiger partial charge in [-0.15, -0.1) is 0 Å². The fourth-order valence-corrected chi connectivity index (χ4v) is 2.80. The fourth-order valence-electron chi connectivity index (χ4n) is 2.80.